The highest BCUT2D eigenvalue weighted by Crippen LogP contribution is 2.52. The first-order valence-corrected chi connectivity index (χ1v) is 54.8. The van der Waals surface area contributed by atoms with Crippen LogP contribution < -0.4 is 4.74 Å². The van der Waals surface area contributed by atoms with Gasteiger partial charge in [0.2, 0.25) is 0 Å². The average Bonchev–Trinajstić information content (AvgIpc) is 1.59. The van der Waals surface area contributed by atoms with Crippen LogP contribution in [0.3, 0.4) is 0 Å². The van der Waals surface area contributed by atoms with Gasteiger partial charge in [0.15, 0.2) is 25.2 Å². The molecule has 7 aliphatic carbocycles. The molecule has 11 aliphatic rings. The summed E-state index contributed by atoms with van der Waals surface area (Å²) in [6.45, 7) is 19.3. The van der Waals surface area contributed by atoms with E-state index in [0.717, 1.165) is 243 Å². The molecule has 19 rings (SSSR count). The molecule has 31 heteroatoms. The standard InChI is InChI=1S/C22H23ClO3.C19H27ClO3.C17H21ClO4.C16H19ClO4.C16H21ClO4.C14H17ClO3.C14H15ClO3/c1-2-25-21(24)17-5-8-20-16(12-17)9-11-22(14-26-20)10-3-4-15-13-18(23)6-7-19(15)22;1-3-18(4-2)12-22-17(23-13-18)19(11-21)9-5-6-14-10-15(20)7-8-16(14)19;1-12(19)22-11-17(16-20-8-3-9-21-16)7-2-4-13-10-14(18)5-6-15(13)17;1-11(18)21-10-16(15-19-7-8-20-15)6-2-3-12-9-13(17)4-5-14(12)16;1-11(18)21-10-16(15(19-2)20-3)8-4-5-12-9-13(17)6-7-14(12)16;2*1-10(17)18-9-14(8-16)6-2-3-11-7-12(15)4-5-13(11)14/h5-8,12-13H,2-4,9-11,14H2,1H3;7-8,10,17,21H,3-6,9,11-13H2,1-2H3;5-6,10,16H,2-4,7-9,11H2,1H3;4-5,9,15H,2-3,6-8,10H2,1H3;6-7,9,15H,4-5,8,10H2,1-3H3;4-5,7,16H,2-3,6,8-9H2,1H3;4-5,7-8H,2-3,6,9H2,1H3/t22-;19-;17-;2*16-;2*14-/m0000000/s1. The van der Waals surface area contributed by atoms with Crippen LogP contribution in [0.1, 0.15) is 265 Å². The molecular weight excluding hydrogens is 2050 g/mol. The number of fused-ring (bicyclic) bond motifs is 9. The second kappa shape index (κ2) is 54.2. The smallest absolute Gasteiger partial charge is 0.338 e. The third-order valence-corrected chi connectivity index (χ3v) is 33.2. The van der Waals surface area contributed by atoms with E-state index < -0.39 is 38.8 Å². The van der Waals surface area contributed by atoms with E-state index >= 15 is 0 Å². The van der Waals surface area contributed by atoms with Gasteiger partial charge in [0.05, 0.1) is 104 Å². The van der Waals surface area contributed by atoms with Crippen LogP contribution in [-0.2, 0) is 184 Å². The molecule has 0 unspecified atom stereocenters. The number of carbonyl (C=O) groups excluding carboxylic acids is 7. The first-order valence-electron chi connectivity index (χ1n) is 52.2. The van der Waals surface area contributed by atoms with Crippen LogP contribution in [0, 0.1) is 5.41 Å². The van der Waals surface area contributed by atoms with Gasteiger partial charge in [-0.25, -0.2) is 4.79 Å². The highest BCUT2D eigenvalue weighted by atomic mass is 35.5. The Hall–Kier alpha value is -8.32. The fourth-order valence-electron chi connectivity index (χ4n) is 23.6. The zero-order valence-corrected chi connectivity index (χ0v) is 92.5. The van der Waals surface area contributed by atoms with Crippen molar-refractivity contribution in [2.45, 2.75) is 285 Å². The van der Waals surface area contributed by atoms with Crippen LogP contribution in [0.15, 0.2) is 146 Å². The lowest BCUT2D eigenvalue weighted by molar-refractivity contribution is -0.265. The first-order chi connectivity index (χ1) is 71.6. The van der Waals surface area contributed by atoms with E-state index in [1.807, 2.05) is 128 Å². The number of halogens is 7. The van der Waals surface area contributed by atoms with Gasteiger partial charge in [0.1, 0.15) is 45.1 Å². The van der Waals surface area contributed by atoms with E-state index in [-0.39, 0.29) is 112 Å². The van der Waals surface area contributed by atoms with Crippen molar-refractivity contribution < 1.29 is 115 Å². The topological polar surface area (TPSA) is 298 Å². The number of hydrogen-bond acceptors (Lipinski definition) is 24. The molecule has 0 radical (unpaired) electrons. The SMILES string of the molecule is CC(=O)OC[C@@]1(C2OCCCO2)CCCc2cc(Cl)ccc21.CC(=O)OC[C@@]1(C2OCCO2)CCCc2cc(Cl)ccc21.CC(=O)OC[C@@]1(C=O)CCCc2cc(Cl)ccc21.CC(=O)OC[C@@]1(CO)CCCc2cc(Cl)ccc21.CCC1(CC)COC([C@]2(CO)CCCc3cc(Cl)ccc32)OC1.CCOC(=O)c1ccc2c(c1)CC[C@@]1(CCCc3cc(Cl)ccc31)CO2.COC(OC)[C@]1(COC(C)=O)CCCc2cc(Cl)ccc21. The van der Waals surface area contributed by atoms with Gasteiger partial charge < -0.3 is 86.1 Å². The molecule has 0 aromatic heterocycles. The summed E-state index contributed by atoms with van der Waals surface area (Å²) < 4.78 is 84.3. The number of ether oxygens (including phenoxy) is 15. The second-order valence-electron chi connectivity index (χ2n) is 41.1. The quantitative estimate of drug-likeness (QED) is 0.0260. The predicted octanol–water partition coefficient (Wildman–Crippen LogP) is 23.5. The first kappa shape index (κ1) is 118. The average molecular weight is 2190 g/mol. The Kier molecular flexibility index (Phi) is 42.8. The minimum atomic E-state index is -0.705. The highest BCUT2D eigenvalue weighted by Gasteiger charge is 2.53. The van der Waals surface area contributed by atoms with Gasteiger partial charge >= 0.3 is 35.8 Å². The van der Waals surface area contributed by atoms with Crippen molar-refractivity contribution in [3.63, 3.8) is 0 Å². The molecule has 0 amide bonds. The number of esters is 6. The second-order valence-corrected chi connectivity index (χ2v) is 44.1. The molecule has 4 aliphatic heterocycles. The Morgan fingerprint density at radius 3 is 1.19 bits per heavy atom. The third kappa shape index (κ3) is 28.3. The Bertz CT molecular complexity index is 5820. The minimum Gasteiger partial charge on any atom is -0.492 e. The monoisotopic (exact) mass is 2190 g/mol. The summed E-state index contributed by atoms with van der Waals surface area (Å²) in [4.78, 5) is 79.4. The van der Waals surface area contributed by atoms with Crippen molar-refractivity contribution >= 4 is 123 Å². The van der Waals surface area contributed by atoms with E-state index in [9.17, 15) is 43.8 Å². The lowest BCUT2D eigenvalue weighted by atomic mass is 9.68. The van der Waals surface area contributed by atoms with Gasteiger partial charge in [-0.3, -0.25) is 24.0 Å². The van der Waals surface area contributed by atoms with Crippen molar-refractivity contribution in [1.29, 1.82) is 0 Å². The summed E-state index contributed by atoms with van der Waals surface area (Å²) >= 11 is 42.7. The van der Waals surface area contributed by atoms with Gasteiger partial charge in [-0.15, -0.1) is 0 Å². The number of aliphatic hydroxyl groups excluding tert-OH is 2. The molecule has 1 spiro atoms. The van der Waals surface area contributed by atoms with Gasteiger partial charge in [-0.2, -0.15) is 0 Å². The zero-order valence-electron chi connectivity index (χ0n) is 87.3. The summed E-state index contributed by atoms with van der Waals surface area (Å²) in [5, 5.41) is 25.1. The normalized spacial score (nSPS) is 23.7. The number of aldehydes is 1. The summed E-state index contributed by atoms with van der Waals surface area (Å²) in [5.41, 5.74) is 15.1. The Balaban J connectivity index is 0.000000145. The molecule has 3 saturated heterocycles. The van der Waals surface area contributed by atoms with Crippen molar-refractivity contribution in [1.82, 2.24) is 0 Å². The van der Waals surface area contributed by atoms with Gasteiger partial charge in [-0.05, 0) is 360 Å². The van der Waals surface area contributed by atoms with Crippen LogP contribution in [0.5, 0.6) is 5.75 Å². The predicted molar refractivity (Wildman–Crippen MR) is 575 cm³/mol. The number of rotatable bonds is 23. The van der Waals surface area contributed by atoms with Gasteiger partial charge in [0.25, 0.3) is 0 Å². The Labute approximate surface area is 911 Å². The number of hydrogen-bond donors (Lipinski definition) is 2. The van der Waals surface area contributed by atoms with Crippen LogP contribution in [0.25, 0.3) is 0 Å². The van der Waals surface area contributed by atoms with Crippen LogP contribution >= 0.6 is 81.2 Å². The van der Waals surface area contributed by atoms with Gasteiger partial charge in [-0.1, -0.05) is 138 Å². The maximum absolute atomic E-state index is 12.0. The van der Waals surface area contributed by atoms with Crippen LogP contribution in [0.2, 0.25) is 35.2 Å². The fourth-order valence-corrected chi connectivity index (χ4v) is 25.0. The Morgan fingerprint density at radius 1 is 0.356 bits per heavy atom. The molecule has 8 aromatic carbocycles. The van der Waals surface area contributed by atoms with Crippen molar-refractivity contribution in [3.05, 3.63) is 270 Å². The maximum Gasteiger partial charge on any atom is 0.338 e. The van der Waals surface area contributed by atoms with E-state index in [1.165, 1.54) is 68.0 Å². The lowest BCUT2D eigenvalue weighted by Crippen LogP contribution is -2.53. The minimum absolute atomic E-state index is 0.0189. The number of carbonyl (C=O) groups is 7. The molecule has 8 aromatic rings. The summed E-state index contributed by atoms with van der Waals surface area (Å²) in [6, 6.07) is 46.7. The van der Waals surface area contributed by atoms with E-state index in [4.69, 9.17) is 152 Å². The van der Waals surface area contributed by atoms with Crippen molar-refractivity contribution in [3.8, 4) is 5.75 Å². The highest BCUT2D eigenvalue weighted by molar-refractivity contribution is 6.32. The number of benzene rings is 8. The van der Waals surface area contributed by atoms with Crippen LogP contribution in [0.4, 0.5) is 0 Å². The number of aliphatic hydroxyl groups is 2. The van der Waals surface area contributed by atoms with Crippen molar-refractivity contribution in [2.24, 2.45) is 5.41 Å². The molecule has 0 saturated carbocycles. The van der Waals surface area contributed by atoms with E-state index in [0.29, 0.717) is 79.9 Å². The van der Waals surface area contributed by atoms with Crippen molar-refractivity contribution in [2.75, 3.05) is 113 Å². The molecule has 24 nitrogen and oxygen atoms in total. The molecule has 7 atom stereocenters. The summed E-state index contributed by atoms with van der Waals surface area (Å²) in [6.07, 6.45) is 24.2. The lowest BCUT2D eigenvalue weighted by Gasteiger charge is -2.48. The largest absolute Gasteiger partial charge is 0.492 e. The molecule has 2 N–H and O–H groups in total. The number of methoxy groups -OCH3 is 2. The molecule has 808 valence electrons. The third-order valence-electron chi connectivity index (χ3n) is 31.5. The summed E-state index contributed by atoms with van der Waals surface area (Å²) in [5.74, 6) is -0.935. The van der Waals surface area contributed by atoms with E-state index in [1.54, 1.807) is 26.4 Å². The molecular formula is C118H143Cl7O24. The van der Waals surface area contributed by atoms with Gasteiger partial charge in [0, 0.05) is 94.8 Å². The maximum atomic E-state index is 12.0. The molecule has 4 heterocycles. The Morgan fingerprint density at radius 2 is 0.732 bits per heavy atom. The molecule has 149 heavy (non-hydrogen) atoms. The number of aryl methyl sites for hydroxylation is 8. The van der Waals surface area contributed by atoms with E-state index in [2.05, 4.69) is 26.0 Å². The summed E-state index contributed by atoms with van der Waals surface area (Å²) in [7, 11) is 3.21. The fraction of sp³-hybridized carbons (Fsp3) is 0.534. The molecule has 0 bridgehead atoms. The zero-order chi connectivity index (χ0) is 107. The van der Waals surface area contributed by atoms with Crippen LogP contribution in [-0.4, -0.2) is 191 Å². The molecule has 3 fully saturated rings.